The molecule has 0 aliphatic carbocycles. The molecule has 0 bridgehead atoms. The fourth-order valence-corrected chi connectivity index (χ4v) is 1.79. The molecule has 0 saturated carbocycles. The van der Waals surface area contributed by atoms with Crippen molar-refractivity contribution in [3.05, 3.63) is 36.0 Å². The molecule has 0 atom stereocenters. The molecule has 0 saturated heterocycles. The molecule has 0 spiro atoms. The van der Waals surface area contributed by atoms with Gasteiger partial charge in [0, 0.05) is 42.7 Å². The molecule has 0 aliphatic rings. The van der Waals surface area contributed by atoms with Gasteiger partial charge in [-0.15, -0.1) is 0 Å². The minimum atomic E-state index is -0.163. The second kappa shape index (κ2) is 5.35. The summed E-state index contributed by atoms with van der Waals surface area (Å²) in [5.41, 5.74) is 1.54. The van der Waals surface area contributed by atoms with Crippen molar-refractivity contribution < 1.29 is 9.59 Å². The van der Waals surface area contributed by atoms with Gasteiger partial charge in [0.1, 0.15) is 0 Å². The van der Waals surface area contributed by atoms with Gasteiger partial charge in [-0.1, -0.05) is 6.07 Å². The van der Waals surface area contributed by atoms with Crippen LogP contribution < -0.4 is 10.6 Å². The number of carbonyl (C=O) groups excluding carboxylic acids is 2. The smallest absolute Gasteiger partial charge is 0.251 e. The first-order chi connectivity index (χ1) is 8.72. The minimum absolute atomic E-state index is 0.0878. The predicted octanol–water partition coefficient (Wildman–Crippen LogP) is 1.03. The van der Waals surface area contributed by atoms with E-state index >= 15 is 0 Å². The van der Waals surface area contributed by atoms with Crippen molar-refractivity contribution in [3.63, 3.8) is 0 Å². The highest BCUT2D eigenvalue weighted by molar-refractivity contribution is 6.06. The maximum atomic E-state index is 12.0. The summed E-state index contributed by atoms with van der Waals surface area (Å²) in [5, 5.41) is 6.13. The molecule has 0 fully saturated rings. The lowest BCUT2D eigenvalue weighted by Gasteiger charge is -2.05. The first-order valence-corrected chi connectivity index (χ1v) is 5.77. The summed E-state index contributed by atoms with van der Waals surface area (Å²) in [7, 11) is 1.57. The molecule has 0 radical (unpaired) electrons. The molecule has 1 aromatic carbocycles. The van der Waals surface area contributed by atoms with Crippen molar-refractivity contribution in [1.29, 1.82) is 0 Å². The third-order valence-corrected chi connectivity index (χ3v) is 2.76. The first kappa shape index (κ1) is 12.2. The van der Waals surface area contributed by atoms with E-state index in [1.807, 2.05) is 18.2 Å². The fraction of sp³-hybridized carbons (Fsp3) is 0.231. The van der Waals surface area contributed by atoms with Crippen LogP contribution in [0.15, 0.2) is 30.5 Å². The number of aromatic nitrogens is 1. The SMILES string of the molecule is CNC(=O)CCNC(=O)c1cccc2[nH]ccc12. The summed E-state index contributed by atoms with van der Waals surface area (Å²) in [6.07, 6.45) is 2.08. The molecule has 0 unspecified atom stereocenters. The first-order valence-electron chi connectivity index (χ1n) is 5.77. The molecule has 2 aromatic rings. The van der Waals surface area contributed by atoms with Crippen LogP contribution in [-0.2, 0) is 4.79 Å². The van der Waals surface area contributed by atoms with Crippen LogP contribution in [-0.4, -0.2) is 30.4 Å². The van der Waals surface area contributed by atoms with Crippen LogP contribution in [0.25, 0.3) is 10.9 Å². The molecule has 1 aromatic heterocycles. The highest BCUT2D eigenvalue weighted by atomic mass is 16.2. The van der Waals surface area contributed by atoms with Gasteiger partial charge in [-0.25, -0.2) is 0 Å². The molecule has 94 valence electrons. The van der Waals surface area contributed by atoms with Gasteiger partial charge in [0.05, 0.1) is 0 Å². The van der Waals surface area contributed by atoms with Crippen LogP contribution in [0.3, 0.4) is 0 Å². The van der Waals surface area contributed by atoms with Crippen molar-refractivity contribution in [3.8, 4) is 0 Å². The molecular formula is C13H15N3O2. The normalized spacial score (nSPS) is 10.3. The Morgan fingerprint density at radius 1 is 1.28 bits per heavy atom. The maximum Gasteiger partial charge on any atom is 0.251 e. The average Bonchev–Trinajstić information content (AvgIpc) is 2.86. The lowest BCUT2D eigenvalue weighted by atomic mass is 10.1. The van der Waals surface area contributed by atoms with Gasteiger partial charge in [0.2, 0.25) is 5.91 Å². The number of benzene rings is 1. The van der Waals surface area contributed by atoms with Crippen LogP contribution in [0.1, 0.15) is 16.8 Å². The summed E-state index contributed by atoms with van der Waals surface area (Å²) in [6.45, 7) is 0.333. The number of rotatable bonds is 4. The van der Waals surface area contributed by atoms with Crippen LogP contribution in [0.5, 0.6) is 0 Å². The summed E-state index contributed by atoms with van der Waals surface area (Å²) in [6, 6.07) is 7.37. The Balaban J connectivity index is 2.05. The zero-order chi connectivity index (χ0) is 13.0. The molecule has 5 nitrogen and oxygen atoms in total. The Hall–Kier alpha value is -2.30. The Morgan fingerprint density at radius 2 is 2.11 bits per heavy atom. The molecule has 3 N–H and O–H groups in total. The van der Waals surface area contributed by atoms with E-state index in [0.29, 0.717) is 12.1 Å². The van der Waals surface area contributed by atoms with E-state index in [-0.39, 0.29) is 18.2 Å². The monoisotopic (exact) mass is 245 g/mol. The standard InChI is InChI=1S/C13H15N3O2/c1-14-12(17)6-8-16-13(18)10-3-2-4-11-9(10)5-7-15-11/h2-5,7,15H,6,8H2,1H3,(H,14,17)(H,16,18). The Bertz CT molecular complexity index is 574. The Labute approximate surface area is 105 Å². The van der Waals surface area contributed by atoms with E-state index in [9.17, 15) is 9.59 Å². The topological polar surface area (TPSA) is 74.0 Å². The average molecular weight is 245 g/mol. The van der Waals surface area contributed by atoms with Gasteiger partial charge in [0.25, 0.3) is 5.91 Å². The molecule has 1 heterocycles. The Morgan fingerprint density at radius 3 is 2.89 bits per heavy atom. The minimum Gasteiger partial charge on any atom is -0.361 e. The second-order valence-electron chi connectivity index (χ2n) is 3.92. The number of fused-ring (bicyclic) bond motifs is 1. The molecule has 0 aliphatic heterocycles. The quantitative estimate of drug-likeness (QED) is 0.752. The number of amides is 2. The third-order valence-electron chi connectivity index (χ3n) is 2.76. The van der Waals surface area contributed by atoms with Crippen LogP contribution in [0.2, 0.25) is 0 Å². The molecular weight excluding hydrogens is 230 g/mol. The van der Waals surface area contributed by atoms with E-state index in [1.54, 1.807) is 19.3 Å². The van der Waals surface area contributed by atoms with Gasteiger partial charge in [-0.2, -0.15) is 0 Å². The van der Waals surface area contributed by atoms with Crippen molar-refractivity contribution in [2.45, 2.75) is 6.42 Å². The summed E-state index contributed by atoms with van der Waals surface area (Å²) >= 11 is 0. The van der Waals surface area contributed by atoms with Gasteiger partial charge < -0.3 is 15.6 Å². The Kier molecular flexibility index (Phi) is 3.62. The van der Waals surface area contributed by atoms with E-state index in [0.717, 1.165) is 10.9 Å². The number of H-pyrrole nitrogens is 1. The van der Waals surface area contributed by atoms with Crippen LogP contribution in [0, 0.1) is 0 Å². The number of carbonyl (C=O) groups is 2. The van der Waals surface area contributed by atoms with E-state index in [1.165, 1.54) is 0 Å². The largest absolute Gasteiger partial charge is 0.361 e. The molecule has 2 amide bonds. The third kappa shape index (κ3) is 2.51. The predicted molar refractivity (Wildman–Crippen MR) is 69.3 cm³/mol. The van der Waals surface area contributed by atoms with Crippen LogP contribution in [0.4, 0.5) is 0 Å². The number of aromatic amines is 1. The summed E-state index contributed by atoms with van der Waals surface area (Å²) in [4.78, 5) is 26.1. The zero-order valence-corrected chi connectivity index (χ0v) is 10.1. The van der Waals surface area contributed by atoms with Gasteiger partial charge in [-0.05, 0) is 18.2 Å². The van der Waals surface area contributed by atoms with Crippen molar-refractivity contribution in [2.75, 3.05) is 13.6 Å². The number of hydrogen-bond donors (Lipinski definition) is 3. The number of nitrogens with one attached hydrogen (secondary N) is 3. The van der Waals surface area contributed by atoms with E-state index < -0.39 is 0 Å². The maximum absolute atomic E-state index is 12.0. The lowest BCUT2D eigenvalue weighted by Crippen LogP contribution is -2.29. The second-order valence-corrected chi connectivity index (χ2v) is 3.92. The van der Waals surface area contributed by atoms with Crippen LogP contribution >= 0.6 is 0 Å². The fourth-order valence-electron chi connectivity index (χ4n) is 1.79. The highest BCUT2D eigenvalue weighted by Gasteiger charge is 2.10. The van der Waals surface area contributed by atoms with Gasteiger partial charge in [-0.3, -0.25) is 9.59 Å². The summed E-state index contributed by atoms with van der Waals surface area (Å²) in [5.74, 6) is -0.251. The summed E-state index contributed by atoms with van der Waals surface area (Å²) < 4.78 is 0. The van der Waals surface area contributed by atoms with Gasteiger partial charge in [0.15, 0.2) is 0 Å². The van der Waals surface area contributed by atoms with E-state index in [4.69, 9.17) is 0 Å². The van der Waals surface area contributed by atoms with Crippen molar-refractivity contribution in [2.24, 2.45) is 0 Å². The lowest BCUT2D eigenvalue weighted by molar-refractivity contribution is -0.120. The number of hydrogen-bond acceptors (Lipinski definition) is 2. The molecule has 18 heavy (non-hydrogen) atoms. The van der Waals surface area contributed by atoms with E-state index in [2.05, 4.69) is 15.6 Å². The highest BCUT2D eigenvalue weighted by Crippen LogP contribution is 2.16. The zero-order valence-electron chi connectivity index (χ0n) is 10.1. The van der Waals surface area contributed by atoms with Crippen molar-refractivity contribution in [1.82, 2.24) is 15.6 Å². The van der Waals surface area contributed by atoms with Crippen molar-refractivity contribution >= 4 is 22.7 Å². The van der Waals surface area contributed by atoms with Gasteiger partial charge >= 0.3 is 0 Å². The molecule has 5 heteroatoms. The molecule has 2 rings (SSSR count).